The third-order valence-corrected chi connectivity index (χ3v) is 6.92. The van der Waals surface area contributed by atoms with Gasteiger partial charge in [0.25, 0.3) is 11.6 Å². The van der Waals surface area contributed by atoms with E-state index >= 15 is 0 Å². The van der Waals surface area contributed by atoms with Crippen molar-refractivity contribution in [2.75, 3.05) is 29.9 Å². The van der Waals surface area contributed by atoms with E-state index in [1.807, 2.05) is 49.1 Å². The number of anilines is 2. The molecule has 5 rings (SSSR count). The molecule has 2 N–H and O–H groups in total. The summed E-state index contributed by atoms with van der Waals surface area (Å²) in [5.74, 6) is 0.236. The number of nitro groups is 1. The molecule has 4 aromatic rings. The Hall–Kier alpha value is -4.58. The summed E-state index contributed by atoms with van der Waals surface area (Å²) < 4.78 is 5.49. The second kappa shape index (κ2) is 11.7. The van der Waals surface area contributed by atoms with E-state index in [2.05, 4.69) is 20.8 Å². The summed E-state index contributed by atoms with van der Waals surface area (Å²) in [7, 11) is 0. The van der Waals surface area contributed by atoms with E-state index < -0.39 is 10.8 Å². The zero-order valence-corrected chi connectivity index (χ0v) is 23.0. The van der Waals surface area contributed by atoms with Gasteiger partial charge in [0.05, 0.1) is 17.2 Å². The number of nitrogens with zero attached hydrogens (tertiary/aromatic N) is 5. The number of fused-ring (bicyclic) bond motifs is 1. The number of nitro benzene ring substituents is 1. The van der Waals surface area contributed by atoms with Gasteiger partial charge < -0.3 is 15.0 Å². The average Bonchev–Trinajstić information content (AvgIpc) is 3.36. The molecule has 1 fully saturated rings. The first kappa shape index (κ1) is 27.0. The Balaban J connectivity index is 1.29. The van der Waals surface area contributed by atoms with Crippen LogP contribution < -0.4 is 20.3 Å². The highest BCUT2D eigenvalue weighted by molar-refractivity contribution is 7.80. The number of aryl methyl sites for hydroxylation is 1. The van der Waals surface area contributed by atoms with E-state index in [1.54, 1.807) is 23.0 Å². The lowest BCUT2D eigenvalue weighted by molar-refractivity contribution is -0.384. The Kier molecular flexibility index (Phi) is 7.87. The van der Waals surface area contributed by atoms with E-state index in [-0.39, 0.29) is 16.4 Å². The van der Waals surface area contributed by atoms with E-state index in [4.69, 9.17) is 17.0 Å². The maximum absolute atomic E-state index is 12.9. The molecule has 0 spiro atoms. The van der Waals surface area contributed by atoms with Gasteiger partial charge in [-0.25, -0.2) is 0 Å². The number of hydrogen-bond acceptors (Lipinski definition) is 8. The van der Waals surface area contributed by atoms with Crippen molar-refractivity contribution in [1.29, 1.82) is 0 Å². The molecule has 0 bridgehead atoms. The molecule has 206 valence electrons. The molecule has 2 heterocycles. The molecule has 0 unspecified atom stereocenters. The first-order valence-corrected chi connectivity index (χ1v) is 13.5. The van der Waals surface area contributed by atoms with Gasteiger partial charge in [0.15, 0.2) is 5.11 Å². The number of ether oxygens (including phenoxy) is 1. The lowest BCUT2D eigenvalue weighted by atomic mass is 10.1. The van der Waals surface area contributed by atoms with E-state index in [9.17, 15) is 14.9 Å². The molecule has 3 aromatic carbocycles. The van der Waals surface area contributed by atoms with Gasteiger partial charge in [-0.1, -0.05) is 0 Å². The van der Waals surface area contributed by atoms with Gasteiger partial charge in [-0.15, -0.1) is 10.2 Å². The molecule has 1 aromatic heterocycles. The number of hydrogen-bond donors (Lipinski definition) is 2. The van der Waals surface area contributed by atoms with Gasteiger partial charge in [-0.2, -0.15) is 4.80 Å². The molecular weight excluding hydrogens is 530 g/mol. The maximum atomic E-state index is 12.9. The van der Waals surface area contributed by atoms with Crippen LogP contribution >= 0.6 is 12.2 Å². The molecule has 1 aliphatic heterocycles. The van der Waals surface area contributed by atoms with Gasteiger partial charge in [0.2, 0.25) is 0 Å². The van der Waals surface area contributed by atoms with Crippen LogP contribution in [0.4, 0.5) is 17.1 Å². The highest BCUT2D eigenvalue weighted by atomic mass is 32.1. The molecule has 11 nitrogen and oxygen atoms in total. The summed E-state index contributed by atoms with van der Waals surface area (Å²) in [6.07, 6.45) is 3.09. The summed E-state index contributed by atoms with van der Waals surface area (Å²) in [4.78, 5) is 27.8. The predicted molar refractivity (Wildman–Crippen MR) is 158 cm³/mol. The standard InChI is InChI=1S/C28H29N7O4S/c1-3-39-21-10-8-20(9-11-21)34-31-23-15-18(2)22(17-24(23)32-34)29-28(40)30-27(36)19-7-12-25(26(16-19)35(37)38)33-13-5-4-6-14-33/h7-12,15-17H,3-6,13-14H2,1-2H3,(H2,29,30,36,40). The third kappa shape index (κ3) is 5.86. The Morgan fingerprint density at radius 1 is 1.05 bits per heavy atom. The van der Waals surface area contributed by atoms with Crippen molar-refractivity contribution in [3.63, 3.8) is 0 Å². The Morgan fingerprint density at radius 3 is 2.42 bits per heavy atom. The van der Waals surface area contributed by atoms with Gasteiger partial charge in [0, 0.05) is 30.4 Å². The number of amides is 1. The van der Waals surface area contributed by atoms with Crippen molar-refractivity contribution in [1.82, 2.24) is 20.3 Å². The number of thiocarbonyl (C=S) groups is 1. The Morgan fingerprint density at radius 2 is 1.75 bits per heavy atom. The fourth-order valence-corrected chi connectivity index (χ4v) is 4.91. The summed E-state index contributed by atoms with van der Waals surface area (Å²) in [5.41, 5.74) is 4.23. The summed E-state index contributed by atoms with van der Waals surface area (Å²) in [6.45, 7) is 5.94. The van der Waals surface area contributed by atoms with Crippen LogP contribution in [0.2, 0.25) is 0 Å². The average molecular weight is 560 g/mol. The van der Waals surface area contributed by atoms with E-state index in [1.165, 1.54) is 6.07 Å². The first-order valence-electron chi connectivity index (χ1n) is 13.1. The molecule has 0 radical (unpaired) electrons. The lowest BCUT2D eigenvalue weighted by Crippen LogP contribution is -2.34. The highest BCUT2D eigenvalue weighted by Crippen LogP contribution is 2.31. The summed E-state index contributed by atoms with van der Waals surface area (Å²) in [6, 6.07) is 15.7. The van der Waals surface area contributed by atoms with Crippen molar-refractivity contribution in [2.24, 2.45) is 0 Å². The van der Waals surface area contributed by atoms with Gasteiger partial charge in [-0.05, 0) is 99.4 Å². The van der Waals surface area contributed by atoms with Crippen LogP contribution in [0.5, 0.6) is 5.75 Å². The number of carbonyl (C=O) groups is 1. The van der Waals surface area contributed by atoms with Crippen molar-refractivity contribution in [3.05, 3.63) is 75.8 Å². The third-order valence-electron chi connectivity index (χ3n) is 6.71. The Bertz CT molecular complexity index is 1580. The minimum atomic E-state index is -0.536. The number of rotatable bonds is 7. The molecule has 12 heteroatoms. The van der Waals surface area contributed by atoms with Crippen LogP contribution in [0, 0.1) is 17.0 Å². The number of carbonyl (C=O) groups excluding carboxylic acids is 1. The zero-order valence-electron chi connectivity index (χ0n) is 22.2. The largest absolute Gasteiger partial charge is 0.494 e. The molecule has 0 aliphatic carbocycles. The predicted octanol–water partition coefficient (Wildman–Crippen LogP) is 5.15. The fraction of sp³-hybridized carbons (Fsp3) is 0.286. The molecule has 1 amide bonds. The maximum Gasteiger partial charge on any atom is 0.293 e. The lowest BCUT2D eigenvalue weighted by Gasteiger charge is -2.28. The van der Waals surface area contributed by atoms with Gasteiger partial charge >= 0.3 is 0 Å². The van der Waals surface area contributed by atoms with Gasteiger partial charge in [0.1, 0.15) is 22.5 Å². The molecule has 1 saturated heterocycles. The molecular formula is C28H29N7O4S. The van der Waals surface area contributed by atoms with E-state index in [0.29, 0.717) is 29.0 Å². The van der Waals surface area contributed by atoms with Crippen LogP contribution in [0.15, 0.2) is 54.6 Å². The SMILES string of the molecule is CCOc1ccc(-n2nc3cc(C)c(NC(=S)NC(=O)c4ccc(N5CCCCC5)c([N+](=O)[O-])c4)cc3n2)cc1. The number of aromatic nitrogens is 3. The second-order valence-corrected chi connectivity index (χ2v) is 9.90. The minimum absolute atomic E-state index is 0.0640. The topological polar surface area (TPSA) is 127 Å². The fourth-order valence-electron chi connectivity index (χ4n) is 4.70. The van der Waals surface area contributed by atoms with Crippen LogP contribution in [0.3, 0.4) is 0 Å². The first-order chi connectivity index (χ1) is 19.3. The van der Waals surface area contributed by atoms with Crippen molar-refractivity contribution < 1.29 is 14.5 Å². The quantitative estimate of drug-likeness (QED) is 0.179. The smallest absolute Gasteiger partial charge is 0.293 e. The monoisotopic (exact) mass is 559 g/mol. The van der Waals surface area contributed by atoms with Crippen LogP contribution in [0.1, 0.15) is 42.1 Å². The number of piperidine rings is 1. The van der Waals surface area contributed by atoms with Gasteiger partial charge in [-0.3, -0.25) is 20.2 Å². The summed E-state index contributed by atoms with van der Waals surface area (Å²) in [5, 5.41) is 26.6. The zero-order chi connectivity index (χ0) is 28.2. The second-order valence-electron chi connectivity index (χ2n) is 9.49. The molecule has 0 saturated carbocycles. The summed E-state index contributed by atoms with van der Waals surface area (Å²) >= 11 is 5.38. The normalized spacial score (nSPS) is 13.2. The molecule has 40 heavy (non-hydrogen) atoms. The number of benzene rings is 3. The Labute approximate surface area is 236 Å². The van der Waals surface area contributed by atoms with Crippen LogP contribution in [-0.4, -0.2) is 50.6 Å². The highest BCUT2D eigenvalue weighted by Gasteiger charge is 2.23. The molecule has 0 atom stereocenters. The van der Waals surface area contributed by atoms with Crippen molar-refractivity contribution >= 4 is 51.3 Å². The van der Waals surface area contributed by atoms with Crippen LogP contribution in [-0.2, 0) is 0 Å². The minimum Gasteiger partial charge on any atom is -0.494 e. The van der Waals surface area contributed by atoms with E-state index in [0.717, 1.165) is 49.4 Å². The van der Waals surface area contributed by atoms with Crippen molar-refractivity contribution in [3.8, 4) is 11.4 Å². The van der Waals surface area contributed by atoms with Crippen molar-refractivity contribution in [2.45, 2.75) is 33.1 Å². The van der Waals surface area contributed by atoms with Crippen LogP contribution in [0.25, 0.3) is 16.7 Å². The number of nitrogens with one attached hydrogen (secondary N) is 2. The molecule has 1 aliphatic rings.